The zero-order valence-corrected chi connectivity index (χ0v) is 13.3. The molecule has 0 spiro atoms. The Bertz CT molecular complexity index is 717. The van der Waals surface area contributed by atoms with Crippen molar-refractivity contribution in [3.63, 3.8) is 0 Å². The molecule has 0 aliphatic carbocycles. The quantitative estimate of drug-likeness (QED) is 0.345. The van der Waals surface area contributed by atoms with Gasteiger partial charge in [-0.1, -0.05) is 0 Å². The van der Waals surface area contributed by atoms with E-state index in [1.807, 2.05) is 0 Å². The Morgan fingerprint density at radius 2 is 0.840 bits per heavy atom. The summed E-state index contributed by atoms with van der Waals surface area (Å²) in [7, 11) is -12.1. The molecule has 0 fully saturated rings. The molecular weight excluding hydrogens is 424 g/mol. The maximum Gasteiger partial charge on any atom is 0.419 e. The number of hydrogen-bond acceptors (Lipinski definition) is 7. The Balaban J connectivity index is 5.84. The third-order valence-corrected chi connectivity index (χ3v) is 4.74. The summed E-state index contributed by atoms with van der Waals surface area (Å²) >= 11 is 0. The smallest absolute Gasteiger partial charge is 0.384 e. The highest BCUT2D eigenvalue weighted by Gasteiger charge is 2.73. The van der Waals surface area contributed by atoms with Crippen LogP contribution in [0.4, 0.5) is 35.1 Å². The highest BCUT2D eigenvalue weighted by atomic mass is 32.2. The van der Waals surface area contributed by atoms with E-state index >= 15 is 0 Å². The lowest BCUT2D eigenvalue weighted by Gasteiger charge is -2.25. The van der Waals surface area contributed by atoms with Gasteiger partial charge in [-0.15, -0.1) is 0 Å². The van der Waals surface area contributed by atoms with Crippen molar-refractivity contribution in [2.75, 3.05) is 12.5 Å². The molecule has 0 amide bonds. The van der Waals surface area contributed by atoms with Crippen LogP contribution in [0.3, 0.4) is 0 Å². The predicted molar refractivity (Wildman–Crippen MR) is 60.6 cm³/mol. The van der Waals surface area contributed by atoms with Crippen LogP contribution in [-0.2, 0) is 34.0 Å². The van der Waals surface area contributed by atoms with Crippen LogP contribution in [0.15, 0.2) is 0 Å². The standard InChI is InChI=1S/C8H6F8O7S2/c1-24(19,20)7(13,14)5(9,10)3(17)23-4(18)6(11,12)8(15,16)25(2,21)22/h1-2H3. The molecule has 0 heterocycles. The van der Waals surface area contributed by atoms with Gasteiger partial charge in [-0.05, 0) is 0 Å². The van der Waals surface area contributed by atoms with Crippen molar-refractivity contribution in [1.29, 1.82) is 0 Å². The van der Waals surface area contributed by atoms with Gasteiger partial charge in [0.05, 0.1) is 0 Å². The van der Waals surface area contributed by atoms with E-state index in [0.717, 1.165) is 0 Å². The first-order valence-corrected chi connectivity index (χ1v) is 9.00. The van der Waals surface area contributed by atoms with Gasteiger partial charge in [0.15, 0.2) is 0 Å². The number of rotatable bonds is 6. The lowest BCUT2D eigenvalue weighted by atomic mass is 10.3. The molecule has 17 heteroatoms. The highest BCUT2D eigenvalue weighted by molar-refractivity contribution is 7.92. The Morgan fingerprint density at radius 3 is 1.00 bits per heavy atom. The second-order valence-corrected chi connectivity index (χ2v) is 8.52. The number of alkyl halides is 8. The predicted octanol–water partition coefficient (Wildman–Crippen LogP) is 0.602. The molecule has 148 valence electrons. The van der Waals surface area contributed by atoms with Crippen molar-refractivity contribution in [2.45, 2.75) is 22.4 Å². The zero-order chi connectivity index (χ0) is 20.9. The van der Waals surface area contributed by atoms with E-state index in [2.05, 4.69) is 4.74 Å². The average molecular weight is 430 g/mol. The van der Waals surface area contributed by atoms with Crippen LogP contribution in [-0.4, -0.2) is 63.6 Å². The van der Waals surface area contributed by atoms with Gasteiger partial charge in [-0.2, -0.15) is 35.1 Å². The van der Waals surface area contributed by atoms with E-state index in [9.17, 15) is 61.5 Å². The van der Waals surface area contributed by atoms with Gasteiger partial charge in [0, 0.05) is 12.5 Å². The molecule has 0 aliphatic heterocycles. The summed E-state index contributed by atoms with van der Waals surface area (Å²) in [5.41, 5.74) is 0. The molecule has 0 aromatic carbocycles. The molecule has 0 saturated heterocycles. The largest absolute Gasteiger partial charge is 0.419 e. The van der Waals surface area contributed by atoms with E-state index in [1.165, 1.54) is 0 Å². The lowest BCUT2D eigenvalue weighted by molar-refractivity contribution is -0.223. The van der Waals surface area contributed by atoms with Crippen molar-refractivity contribution in [3.05, 3.63) is 0 Å². The number of carbonyl (C=O) groups is 2. The molecule has 0 aliphatic rings. The minimum Gasteiger partial charge on any atom is -0.384 e. The van der Waals surface area contributed by atoms with Crippen LogP contribution in [0.25, 0.3) is 0 Å². The van der Waals surface area contributed by atoms with Crippen molar-refractivity contribution < 1.29 is 66.3 Å². The monoisotopic (exact) mass is 430 g/mol. The maximum atomic E-state index is 13.1. The zero-order valence-electron chi connectivity index (χ0n) is 11.7. The summed E-state index contributed by atoms with van der Waals surface area (Å²) in [6, 6.07) is 0. The van der Waals surface area contributed by atoms with Crippen LogP contribution in [0.2, 0.25) is 0 Å². The van der Waals surface area contributed by atoms with Gasteiger partial charge in [0.1, 0.15) is 0 Å². The van der Waals surface area contributed by atoms with Crippen LogP contribution >= 0.6 is 0 Å². The highest BCUT2D eigenvalue weighted by Crippen LogP contribution is 2.42. The molecule has 0 atom stereocenters. The summed E-state index contributed by atoms with van der Waals surface area (Å²) in [5, 5.41) is -12.5. The molecule has 0 aromatic rings. The molecule has 0 bridgehead atoms. The van der Waals surface area contributed by atoms with E-state index in [0.29, 0.717) is 0 Å². The first-order chi connectivity index (χ1) is 10.5. The number of hydrogen-bond donors (Lipinski definition) is 0. The number of carbonyl (C=O) groups excluding carboxylic acids is 2. The lowest BCUT2D eigenvalue weighted by Crippen LogP contribution is -2.56. The average Bonchev–Trinajstić information content (AvgIpc) is 2.34. The summed E-state index contributed by atoms with van der Waals surface area (Å²) in [4.78, 5) is 21.5. The van der Waals surface area contributed by atoms with Crippen molar-refractivity contribution in [3.8, 4) is 0 Å². The fourth-order valence-electron chi connectivity index (χ4n) is 0.916. The number of halogens is 8. The first-order valence-electron chi connectivity index (χ1n) is 5.22. The van der Waals surface area contributed by atoms with Gasteiger partial charge in [-0.25, -0.2) is 26.4 Å². The second-order valence-electron chi connectivity index (χ2n) is 4.40. The van der Waals surface area contributed by atoms with Crippen molar-refractivity contribution >= 4 is 31.6 Å². The molecule has 0 unspecified atom stereocenters. The Morgan fingerprint density at radius 1 is 0.640 bits per heavy atom. The van der Waals surface area contributed by atoms with Crippen LogP contribution in [0, 0.1) is 0 Å². The Hall–Kier alpha value is -1.52. The molecule has 25 heavy (non-hydrogen) atoms. The van der Waals surface area contributed by atoms with Crippen LogP contribution in [0.1, 0.15) is 0 Å². The molecule has 0 saturated carbocycles. The summed E-state index contributed by atoms with van der Waals surface area (Å²) < 4.78 is 149. The normalized spacial score (nSPS) is 15.0. The number of esters is 2. The number of ether oxygens (including phenoxy) is 1. The summed E-state index contributed by atoms with van der Waals surface area (Å²) in [6.07, 6.45) is -0.995. The fourth-order valence-corrected chi connectivity index (χ4v) is 2.01. The minimum absolute atomic E-state index is 0.498. The Kier molecular flexibility index (Phi) is 5.66. The van der Waals surface area contributed by atoms with Crippen LogP contribution in [0.5, 0.6) is 0 Å². The minimum atomic E-state index is -6.44. The van der Waals surface area contributed by atoms with E-state index in [-0.39, 0.29) is 0 Å². The van der Waals surface area contributed by atoms with Gasteiger partial charge in [0.25, 0.3) is 0 Å². The van der Waals surface area contributed by atoms with E-state index in [1.54, 1.807) is 0 Å². The second kappa shape index (κ2) is 6.03. The Labute approximate surface area is 133 Å². The van der Waals surface area contributed by atoms with Gasteiger partial charge < -0.3 is 4.74 Å². The SMILES string of the molecule is CS(=O)(=O)C(F)(F)C(F)(F)C(=O)OC(=O)C(F)(F)C(F)(F)S(C)(=O)=O. The molecule has 0 N–H and O–H groups in total. The third kappa shape index (κ3) is 3.70. The van der Waals surface area contributed by atoms with Gasteiger partial charge in [0.2, 0.25) is 19.7 Å². The van der Waals surface area contributed by atoms with Crippen LogP contribution < -0.4 is 0 Å². The maximum absolute atomic E-state index is 13.1. The summed E-state index contributed by atoms with van der Waals surface area (Å²) in [5.74, 6) is -20.7. The fraction of sp³-hybridized carbons (Fsp3) is 0.750. The molecular formula is C8H6F8O7S2. The first kappa shape index (κ1) is 23.5. The number of sulfone groups is 2. The molecule has 0 rings (SSSR count). The van der Waals surface area contributed by atoms with Crippen molar-refractivity contribution in [2.24, 2.45) is 0 Å². The third-order valence-electron chi connectivity index (χ3n) is 2.36. The molecule has 0 radical (unpaired) electrons. The topological polar surface area (TPSA) is 112 Å². The van der Waals surface area contributed by atoms with Crippen molar-refractivity contribution in [1.82, 2.24) is 0 Å². The summed E-state index contributed by atoms with van der Waals surface area (Å²) in [6.45, 7) is 0. The van der Waals surface area contributed by atoms with E-state index in [4.69, 9.17) is 0 Å². The molecule has 0 aromatic heterocycles. The van der Waals surface area contributed by atoms with Gasteiger partial charge in [-0.3, -0.25) is 0 Å². The van der Waals surface area contributed by atoms with E-state index < -0.39 is 66.5 Å². The molecule has 7 nitrogen and oxygen atoms in total. The van der Waals surface area contributed by atoms with Gasteiger partial charge >= 0.3 is 34.3 Å².